The first-order valence-electron chi connectivity index (χ1n) is 7.70. The standard InChI is InChI=1S/C15H20Cl2N3O5P/c1-19-10(5-9(17)8-20(4-3-16)26(18,23)24)6-11-14(19)12(21)7-13(25-2)15(11)22/h6-7,9H,3-5,8H2,1-2H3,(H3,18,23,24). The van der Waals surface area contributed by atoms with Gasteiger partial charge in [0.05, 0.1) is 18.1 Å². The third-order valence-corrected chi connectivity index (χ3v) is 5.74. The highest BCUT2D eigenvalue weighted by molar-refractivity contribution is 7.52. The van der Waals surface area contributed by atoms with E-state index in [1.54, 1.807) is 17.7 Å². The third-order valence-electron chi connectivity index (χ3n) is 4.10. The van der Waals surface area contributed by atoms with Gasteiger partial charge in [-0.1, -0.05) is 0 Å². The highest BCUT2D eigenvalue weighted by Gasteiger charge is 2.32. The number of fused-ring (bicyclic) bond motifs is 1. The van der Waals surface area contributed by atoms with Gasteiger partial charge in [0.25, 0.3) is 0 Å². The number of ether oxygens (including phenoxy) is 1. The van der Waals surface area contributed by atoms with Crippen LogP contribution in [0.3, 0.4) is 0 Å². The second-order valence-corrected chi connectivity index (χ2v) is 8.59. The molecule has 1 aromatic rings. The molecule has 144 valence electrons. The molecular formula is C15H20Cl2N3O5P. The topological polar surface area (TPSA) is 115 Å². The molecule has 1 aliphatic rings. The molecule has 0 aromatic carbocycles. The number of halogens is 2. The number of nitrogens with two attached hydrogens (primary N) is 1. The van der Waals surface area contributed by atoms with E-state index in [2.05, 4.69) is 0 Å². The van der Waals surface area contributed by atoms with Crippen molar-refractivity contribution < 1.29 is 23.8 Å². The van der Waals surface area contributed by atoms with Crippen LogP contribution in [0, 0.1) is 0 Å². The molecular weight excluding hydrogens is 404 g/mol. The van der Waals surface area contributed by atoms with Gasteiger partial charge in [-0.05, 0) is 6.07 Å². The Balaban J connectivity index is 2.22. The van der Waals surface area contributed by atoms with Crippen LogP contribution in [-0.4, -0.2) is 57.2 Å². The van der Waals surface area contributed by atoms with E-state index in [1.807, 2.05) is 0 Å². The number of ketones is 2. The Hall–Kier alpha value is -1.15. The number of rotatable bonds is 8. The number of carbonyl (C=O) groups is 2. The number of aromatic nitrogens is 1. The summed E-state index contributed by atoms with van der Waals surface area (Å²) in [4.78, 5) is 34.1. The Morgan fingerprint density at radius 3 is 2.65 bits per heavy atom. The molecule has 1 aliphatic carbocycles. The van der Waals surface area contributed by atoms with Crippen LogP contribution >= 0.6 is 30.9 Å². The summed E-state index contributed by atoms with van der Waals surface area (Å²) < 4.78 is 19.4. The molecule has 0 bridgehead atoms. The van der Waals surface area contributed by atoms with Crippen LogP contribution in [0.5, 0.6) is 0 Å². The fourth-order valence-electron chi connectivity index (χ4n) is 2.83. The number of allylic oxidation sites excluding steroid dienone is 2. The maximum atomic E-state index is 12.3. The summed E-state index contributed by atoms with van der Waals surface area (Å²) >= 11 is 12.0. The van der Waals surface area contributed by atoms with Crippen molar-refractivity contribution in [3.05, 3.63) is 34.9 Å². The number of hydrogen-bond acceptors (Lipinski definition) is 4. The van der Waals surface area contributed by atoms with Crippen LogP contribution in [0.2, 0.25) is 0 Å². The maximum Gasteiger partial charge on any atom is 0.338 e. The summed E-state index contributed by atoms with van der Waals surface area (Å²) in [5.74, 6) is -0.597. The molecule has 11 heteroatoms. The van der Waals surface area contributed by atoms with Gasteiger partial charge in [-0.2, -0.15) is 0 Å². The summed E-state index contributed by atoms with van der Waals surface area (Å²) in [6, 6.07) is 1.59. The molecule has 0 fully saturated rings. The summed E-state index contributed by atoms with van der Waals surface area (Å²) in [6.45, 7) is 0.134. The van der Waals surface area contributed by atoms with Crippen molar-refractivity contribution >= 4 is 42.4 Å². The molecule has 3 N–H and O–H groups in total. The average Bonchev–Trinajstić information content (AvgIpc) is 2.87. The molecule has 1 heterocycles. The van der Waals surface area contributed by atoms with Crippen molar-refractivity contribution in [1.29, 1.82) is 0 Å². The lowest BCUT2D eigenvalue weighted by Gasteiger charge is -2.25. The first-order chi connectivity index (χ1) is 12.1. The van der Waals surface area contributed by atoms with E-state index in [-0.39, 0.29) is 54.0 Å². The predicted molar refractivity (Wildman–Crippen MR) is 98.8 cm³/mol. The van der Waals surface area contributed by atoms with Gasteiger partial charge in [-0.25, -0.2) is 10.2 Å². The van der Waals surface area contributed by atoms with Crippen molar-refractivity contribution in [3.63, 3.8) is 0 Å². The average molecular weight is 424 g/mol. The van der Waals surface area contributed by atoms with Gasteiger partial charge in [-0.15, -0.1) is 23.2 Å². The van der Waals surface area contributed by atoms with E-state index in [0.29, 0.717) is 5.69 Å². The van der Waals surface area contributed by atoms with Crippen molar-refractivity contribution in [1.82, 2.24) is 9.24 Å². The van der Waals surface area contributed by atoms with Gasteiger partial charge in [0.2, 0.25) is 11.6 Å². The molecule has 2 rings (SSSR count). The fourth-order valence-corrected chi connectivity index (χ4v) is 4.39. The van der Waals surface area contributed by atoms with E-state index >= 15 is 0 Å². The molecule has 0 spiro atoms. The maximum absolute atomic E-state index is 12.3. The van der Waals surface area contributed by atoms with Gasteiger partial charge >= 0.3 is 7.67 Å². The van der Waals surface area contributed by atoms with Gasteiger partial charge < -0.3 is 14.2 Å². The third kappa shape index (κ3) is 4.39. The molecule has 8 nitrogen and oxygen atoms in total. The quantitative estimate of drug-likeness (QED) is 0.482. The van der Waals surface area contributed by atoms with Crippen molar-refractivity contribution in [2.24, 2.45) is 12.6 Å². The Morgan fingerprint density at radius 1 is 1.46 bits per heavy atom. The number of nitrogens with zero attached hydrogens (tertiary/aromatic N) is 2. The minimum Gasteiger partial charge on any atom is -0.492 e. The lowest BCUT2D eigenvalue weighted by molar-refractivity contribution is 0.0914. The van der Waals surface area contributed by atoms with Gasteiger partial charge in [-0.3, -0.25) is 14.2 Å². The molecule has 0 radical (unpaired) electrons. The van der Waals surface area contributed by atoms with Crippen LogP contribution in [0.4, 0.5) is 0 Å². The lowest BCUT2D eigenvalue weighted by Crippen LogP contribution is -2.32. The zero-order chi connectivity index (χ0) is 19.6. The zero-order valence-electron chi connectivity index (χ0n) is 14.3. The van der Waals surface area contributed by atoms with Gasteiger partial charge in [0.1, 0.15) is 5.69 Å². The summed E-state index contributed by atoms with van der Waals surface area (Å²) in [5.41, 5.74) is 6.44. The van der Waals surface area contributed by atoms with Crippen molar-refractivity contribution in [2.45, 2.75) is 11.8 Å². The molecule has 26 heavy (non-hydrogen) atoms. The van der Waals surface area contributed by atoms with Crippen LogP contribution in [0.25, 0.3) is 0 Å². The summed E-state index contributed by atoms with van der Waals surface area (Å²) in [7, 11) is -0.993. The first kappa shape index (κ1) is 21.2. The van der Waals surface area contributed by atoms with E-state index in [1.165, 1.54) is 7.11 Å². The van der Waals surface area contributed by atoms with Gasteiger partial charge in [0, 0.05) is 44.2 Å². The van der Waals surface area contributed by atoms with Crippen molar-refractivity contribution in [2.75, 3.05) is 26.1 Å². The van der Waals surface area contributed by atoms with Gasteiger partial charge in [0.15, 0.2) is 5.76 Å². The first-order valence-corrected chi connectivity index (χ1v) is 10.4. The van der Waals surface area contributed by atoms with Crippen molar-refractivity contribution in [3.8, 4) is 0 Å². The van der Waals surface area contributed by atoms with E-state index in [9.17, 15) is 19.0 Å². The highest BCUT2D eigenvalue weighted by Crippen LogP contribution is 2.36. The Kier molecular flexibility index (Phi) is 6.71. The number of carbonyl (C=O) groups excluding carboxylic acids is 2. The Labute approximate surface area is 161 Å². The zero-order valence-corrected chi connectivity index (χ0v) is 16.7. The molecule has 2 unspecified atom stereocenters. The van der Waals surface area contributed by atoms with E-state index < -0.39 is 13.0 Å². The highest BCUT2D eigenvalue weighted by atomic mass is 35.5. The SMILES string of the molecule is COC1=CC(=O)c2c(cc(CC(Cl)CN(CCCl)P(N)(=O)O)n2C)C1=O. The Morgan fingerprint density at radius 2 is 2.12 bits per heavy atom. The van der Waals surface area contributed by atoms with Crippen LogP contribution in [0.15, 0.2) is 17.9 Å². The summed E-state index contributed by atoms with van der Waals surface area (Å²) in [6.07, 6.45) is 1.41. The molecule has 0 saturated heterocycles. The molecule has 0 aliphatic heterocycles. The van der Waals surface area contributed by atoms with E-state index in [4.69, 9.17) is 33.4 Å². The normalized spacial score (nSPS) is 17.7. The van der Waals surface area contributed by atoms with Crippen LogP contribution in [-0.2, 0) is 22.8 Å². The van der Waals surface area contributed by atoms with Crippen LogP contribution < -0.4 is 5.50 Å². The number of alkyl halides is 2. The second kappa shape index (κ2) is 8.25. The largest absolute Gasteiger partial charge is 0.492 e. The fraction of sp³-hybridized carbons (Fsp3) is 0.467. The summed E-state index contributed by atoms with van der Waals surface area (Å²) in [5, 5.41) is -0.586. The molecule has 0 amide bonds. The predicted octanol–water partition coefficient (Wildman–Crippen LogP) is 1.68. The smallest absolute Gasteiger partial charge is 0.338 e. The number of Topliss-reactive ketones (excluding diaryl/α,β-unsaturated/α-hetero) is 1. The minimum absolute atomic E-state index is 0.0142. The van der Waals surface area contributed by atoms with E-state index in [0.717, 1.165) is 10.7 Å². The molecule has 1 aromatic heterocycles. The molecule has 2 atom stereocenters. The number of hydrogen-bond donors (Lipinski definition) is 2. The minimum atomic E-state index is -3.98. The molecule has 0 saturated carbocycles. The number of methoxy groups -OCH3 is 1. The second-order valence-electron chi connectivity index (χ2n) is 5.86. The monoisotopic (exact) mass is 423 g/mol. The van der Waals surface area contributed by atoms with Crippen LogP contribution in [0.1, 0.15) is 26.5 Å². The Bertz CT molecular complexity index is 801. The lowest BCUT2D eigenvalue weighted by atomic mass is 10.0.